The Morgan fingerprint density at radius 3 is 2.04 bits per heavy atom. The number of benzene rings is 1. The molecule has 0 bridgehead atoms. The van der Waals surface area contributed by atoms with E-state index in [0.29, 0.717) is 17.0 Å². The van der Waals surface area contributed by atoms with Crippen molar-refractivity contribution in [2.24, 2.45) is 5.92 Å². The van der Waals surface area contributed by atoms with E-state index in [2.05, 4.69) is 15.0 Å². The van der Waals surface area contributed by atoms with Crippen molar-refractivity contribution in [1.82, 2.24) is 15.0 Å². The lowest BCUT2D eigenvalue weighted by atomic mass is 9.87. The van der Waals surface area contributed by atoms with Crippen molar-refractivity contribution in [2.75, 3.05) is 0 Å². The van der Waals surface area contributed by atoms with Crippen LogP contribution in [0.1, 0.15) is 29.7 Å². The van der Waals surface area contributed by atoms with E-state index in [1.165, 1.54) is 24.7 Å². The van der Waals surface area contributed by atoms with Gasteiger partial charge in [0.05, 0.1) is 17.5 Å². The monoisotopic (exact) mass is 387 g/mol. The number of nitrogens with zero attached hydrogens (tertiary/aromatic N) is 3. The molecule has 1 saturated carbocycles. The van der Waals surface area contributed by atoms with E-state index in [-0.39, 0.29) is 11.7 Å². The fourth-order valence-electron chi connectivity index (χ4n) is 3.10. The Bertz CT molecular complexity index is 943. The normalized spacial score (nSPS) is 16.4. The molecule has 1 aromatic carbocycles. The summed E-state index contributed by atoms with van der Waals surface area (Å²) in [6.45, 7) is 0. The number of hydrogen-bond acceptors (Lipinski definition) is 5. The molecule has 144 valence electrons. The average Bonchev–Trinajstić information content (AvgIpc) is 3.54. The molecule has 3 aromatic rings. The van der Waals surface area contributed by atoms with E-state index in [9.17, 15) is 18.3 Å². The minimum Gasteiger partial charge on any atom is -0.456 e. The summed E-state index contributed by atoms with van der Waals surface area (Å²) in [5, 5.41) is 11.3. The van der Waals surface area contributed by atoms with Gasteiger partial charge in [0.25, 0.3) is 0 Å². The number of rotatable bonds is 5. The predicted molar refractivity (Wildman–Crippen MR) is 93.5 cm³/mol. The number of alkyl halides is 3. The highest BCUT2D eigenvalue weighted by atomic mass is 19.4. The highest BCUT2D eigenvalue weighted by molar-refractivity contribution is 5.36. The van der Waals surface area contributed by atoms with E-state index >= 15 is 0 Å². The van der Waals surface area contributed by atoms with Crippen molar-refractivity contribution in [1.29, 1.82) is 0 Å². The van der Waals surface area contributed by atoms with Gasteiger partial charge in [-0.1, -0.05) is 0 Å². The molecule has 1 atom stereocenters. The molecule has 1 unspecified atom stereocenters. The molecule has 4 rings (SSSR count). The maximum atomic E-state index is 12.6. The molecule has 0 aliphatic heterocycles. The first-order valence-electron chi connectivity index (χ1n) is 8.67. The lowest BCUT2D eigenvalue weighted by molar-refractivity contribution is -0.137. The third kappa shape index (κ3) is 3.55. The second-order valence-corrected chi connectivity index (χ2v) is 6.67. The van der Waals surface area contributed by atoms with E-state index in [4.69, 9.17) is 4.74 Å². The van der Waals surface area contributed by atoms with Crippen LogP contribution >= 0.6 is 0 Å². The number of aliphatic hydroxyl groups is 1. The molecular formula is C20H16F3N3O2. The van der Waals surface area contributed by atoms with Crippen molar-refractivity contribution in [3.05, 3.63) is 78.1 Å². The molecule has 5 nitrogen and oxygen atoms in total. The van der Waals surface area contributed by atoms with Crippen molar-refractivity contribution >= 4 is 0 Å². The van der Waals surface area contributed by atoms with Gasteiger partial charge < -0.3 is 9.84 Å². The summed E-state index contributed by atoms with van der Waals surface area (Å²) in [6.07, 6.45) is 3.32. The number of ether oxygens (including phenoxy) is 1. The third-order valence-corrected chi connectivity index (χ3v) is 4.71. The minimum atomic E-state index is -4.39. The van der Waals surface area contributed by atoms with Gasteiger partial charge >= 0.3 is 6.18 Å². The molecule has 1 fully saturated rings. The Hall–Kier alpha value is -3.00. The lowest BCUT2D eigenvalue weighted by Gasteiger charge is -2.27. The summed E-state index contributed by atoms with van der Waals surface area (Å²) in [5.74, 6) is 0.648. The van der Waals surface area contributed by atoms with Crippen molar-refractivity contribution < 1.29 is 23.0 Å². The maximum absolute atomic E-state index is 12.6. The first-order valence-corrected chi connectivity index (χ1v) is 8.67. The zero-order chi connectivity index (χ0) is 19.8. The standard InChI is InChI=1S/C20H16F3N3O2/c21-20(22,23)14-3-5-16(6-4-14)28-17-7-8-18(26-11-17)19(27,13-1-2-13)15-9-24-12-25-10-15/h3-13,27H,1-2H2. The van der Waals surface area contributed by atoms with Crippen LogP contribution in [0.2, 0.25) is 0 Å². The van der Waals surface area contributed by atoms with Gasteiger partial charge in [-0.15, -0.1) is 0 Å². The molecule has 8 heteroatoms. The highest BCUT2D eigenvalue weighted by Crippen LogP contribution is 2.48. The molecule has 0 spiro atoms. The number of hydrogen-bond donors (Lipinski definition) is 1. The van der Waals surface area contributed by atoms with Crippen LogP contribution in [0.3, 0.4) is 0 Å². The predicted octanol–water partition coefficient (Wildman–Crippen LogP) is 4.33. The fourth-order valence-corrected chi connectivity index (χ4v) is 3.10. The van der Waals surface area contributed by atoms with Crippen LogP contribution in [0.4, 0.5) is 13.2 Å². The first-order chi connectivity index (χ1) is 13.4. The molecule has 2 aromatic heterocycles. The molecule has 0 saturated heterocycles. The summed E-state index contributed by atoms with van der Waals surface area (Å²) in [5.41, 5.74) is -1.01. The Labute approximate surface area is 158 Å². The van der Waals surface area contributed by atoms with Gasteiger partial charge in [-0.25, -0.2) is 9.97 Å². The van der Waals surface area contributed by atoms with Crippen molar-refractivity contribution in [3.63, 3.8) is 0 Å². The molecule has 1 aliphatic carbocycles. The van der Waals surface area contributed by atoms with Gasteiger partial charge in [0.2, 0.25) is 0 Å². The van der Waals surface area contributed by atoms with Gasteiger partial charge in [-0.2, -0.15) is 13.2 Å². The summed E-state index contributed by atoms with van der Waals surface area (Å²) >= 11 is 0. The largest absolute Gasteiger partial charge is 0.456 e. The lowest BCUT2D eigenvalue weighted by Crippen LogP contribution is -2.31. The molecule has 1 aliphatic rings. The maximum Gasteiger partial charge on any atom is 0.416 e. The second kappa shape index (κ2) is 6.87. The number of halogens is 3. The zero-order valence-electron chi connectivity index (χ0n) is 14.6. The van der Waals surface area contributed by atoms with Crippen molar-refractivity contribution in [2.45, 2.75) is 24.6 Å². The second-order valence-electron chi connectivity index (χ2n) is 6.67. The minimum absolute atomic E-state index is 0.0349. The highest BCUT2D eigenvalue weighted by Gasteiger charge is 2.48. The van der Waals surface area contributed by atoms with Gasteiger partial charge in [0, 0.05) is 18.0 Å². The molecule has 28 heavy (non-hydrogen) atoms. The molecular weight excluding hydrogens is 371 g/mol. The Kier molecular flexibility index (Phi) is 4.50. The third-order valence-electron chi connectivity index (χ3n) is 4.71. The van der Waals surface area contributed by atoms with E-state index in [1.807, 2.05) is 0 Å². The topological polar surface area (TPSA) is 68.1 Å². The van der Waals surface area contributed by atoms with Gasteiger partial charge in [-0.3, -0.25) is 4.98 Å². The smallest absolute Gasteiger partial charge is 0.416 e. The van der Waals surface area contributed by atoms with Gasteiger partial charge in [-0.05, 0) is 55.2 Å². The summed E-state index contributed by atoms with van der Waals surface area (Å²) in [7, 11) is 0. The van der Waals surface area contributed by atoms with E-state index in [1.54, 1.807) is 24.5 Å². The average molecular weight is 387 g/mol. The van der Waals surface area contributed by atoms with Crippen LogP contribution in [-0.2, 0) is 11.8 Å². The van der Waals surface area contributed by atoms with Crippen LogP contribution in [0, 0.1) is 5.92 Å². The molecule has 0 radical (unpaired) electrons. The van der Waals surface area contributed by atoms with Crippen LogP contribution in [0.5, 0.6) is 11.5 Å². The van der Waals surface area contributed by atoms with Crippen molar-refractivity contribution in [3.8, 4) is 11.5 Å². The van der Waals surface area contributed by atoms with E-state index < -0.39 is 17.3 Å². The van der Waals surface area contributed by atoms with Gasteiger partial charge in [0.15, 0.2) is 0 Å². The fraction of sp³-hybridized carbons (Fsp3) is 0.250. The van der Waals surface area contributed by atoms with Crippen LogP contribution in [0.15, 0.2) is 61.3 Å². The zero-order valence-corrected chi connectivity index (χ0v) is 14.6. The molecule has 2 heterocycles. The Morgan fingerprint density at radius 1 is 0.857 bits per heavy atom. The van der Waals surface area contributed by atoms with Crippen LogP contribution < -0.4 is 4.74 Å². The SMILES string of the molecule is OC(c1cncnc1)(c1ccc(Oc2ccc(C(F)(F)F)cc2)cn1)C1CC1. The molecule has 1 N–H and O–H groups in total. The Morgan fingerprint density at radius 2 is 1.50 bits per heavy atom. The summed E-state index contributed by atoms with van der Waals surface area (Å²) < 4.78 is 43.4. The van der Waals surface area contributed by atoms with Crippen LogP contribution in [-0.4, -0.2) is 20.1 Å². The molecule has 0 amide bonds. The summed E-state index contributed by atoms with van der Waals surface area (Å²) in [6, 6.07) is 7.68. The number of aromatic nitrogens is 3. The Balaban J connectivity index is 1.55. The first kappa shape index (κ1) is 18.4. The quantitative estimate of drug-likeness (QED) is 0.706. The number of pyridine rings is 1. The summed E-state index contributed by atoms with van der Waals surface area (Å²) in [4.78, 5) is 12.3. The van der Waals surface area contributed by atoms with E-state index in [0.717, 1.165) is 25.0 Å². The van der Waals surface area contributed by atoms with Crippen LogP contribution in [0.25, 0.3) is 0 Å². The van der Waals surface area contributed by atoms with Gasteiger partial charge in [0.1, 0.15) is 23.4 Å².